The van der Waals surface area contributed by atoms with E-state index in [0.717, 1.165) is 50.5 Å². The van der Waals surface area contributed by atoms with E-state index in [4.69, 9.17) is 4.74 Å². The van der Waals surface area contributed by atoms with Gasteiger partial charge in [0.25, 0.3) is 0 Å². The van der Waals surface area contributed by atoms with E-state index in [1.54, 1.807) is 0 Å². The minimum absolute atomic E-state index is 0.0441. The van der Waals surface area contributed by atoms with Crippen LogP contribution in [0.1, 0.15) is 111 Å². The summed E-state index contributed by atoms with van der Waals surface area (Å²) in [4.78, 5) is 27.2. The van der Waals surface area contributed by atoms with Crippen LogP contribution in [-0.2, 0) is 20.9 Å². The summed E-state index contributed by atoms with van der Waals surface area (Å²) in [5, 5.41) is 0. The van der Waals surface area contributed by atoms with Crippen LogP contribution in [0, 0.1) is 56.7 Å². The van der Waals surface area contributed by atoms with Gasteiger partial charge in [-0.2, -0.15) is 0 Å². The summed E-state index contributed by atoms with van der Waals surface area (Å²) >= 11 is 0. The van der Waals surface area contributed by atoms with Crippen LogP contribution in [0.25, 0.3) is 0 Å². The fourth-order valence-corrected chi connectivity index (χ4v) is 12.2. The molecule has 1 aromatic rings. The summed E-state index contributed by atoms with van der Waals surface area (Å²) in [5.74, 6) is 2.86. The third-order valence-electron chi connectivity index (χ3n) is 14.4. The summed E-state index contributed by atoms with van der Waals surface area (Å²) in [5.41, 5.74) is 2.33. The largest absolute Gasteiger partial charge is 0.460 e. The zero-order valence-corrected chi connectivity index (χ0v) is 26.0. The molecule has 5 fully saturated rings. The number of rotatable bonds is 4. The Labute approximate surface area is 242 Å². The molecule has 0 amide bonds. The van der Waals surface area contributed by atoms with Gasteiger partial charge in [-0.3, -0.25) is 9.59 Å². The molecule has 0 bridgehead atoms. The first-order chi connectivity index (χ1) is 18.8. The zero-order chi connectivity index (χ0) is 28.7. The van der Waals surface area contributed by atoms with Crippen molar-refractivity contribution in [2.75, 3.05) is 0 Å². The predicted molar refractivity (Wildman–Crippen MR) is 160 cm³/mol. The molecule has 1 aromatic carbocycles. The number of hydrogen-bond acceptors (Lipinski definition) is 3. The minimum Gasteiger partial charge on any atom is -0.460 e. The van der Waals surface area contributed by atoms with Crippen LogP contribution in [-0.4, -0.2) is 11.8 Å². The molecule has 218 valence electrons. The second kappa shape index (κ2) is 9.30. The van der Waals surface area contributed by atoms with Crippen LogP contribution in [0.4, 0.5) is 0 Å². The molecule has 0 spiro atoms. The predicted octanol–water partition coefficient (Wildman–Crippen LogP) is 8.96. The van der Waals surface area contributed by atoms with E-state index in [-0.39, 0.29) is 33.0 Å². The number of carbonyl (C=O) groups excluding carboxylic acids is 2. The number of allylic oxidation sites excluding steroid dienone is 1. The fraction of sp³-hybridized carbons (Fsp3) is 0.730. The van der Waals surface area contributed by atoms with Gasteiger partial charge in [-0.25, -0.2) is 0 Å². The van der Waals surface area contributed by atoms with E-state index in [2.05, 4.69) is 48.1 Å². The number of carbonyl (C=O) groups is 2. The van der Waals surface area contributed by atoms with Crippen LogP contribution in [0.3, 0.4) is 0 Å². The SMILES string of the molecule is C=C(C)[C@@H]1CC[C@]2(C(=O)OCc3ccccc3)CC[C@]3(C)C(CC[C@@H]4[C@@]5(C)CCC(=O)C(C)(C)[C@@H]5CC[C@]43C)[C@H]12. The summed E-state index contributed by atoms with van der Waals surface area (Å²) in [6, 6.07) is 10.1. The fourth-order valence-electron chi connectivity index (χ4n) is 12.2. The normalized spacial score (nSPS) is 45.5. The van der Waals surface area contributed by atoms with E-state index in [0.29, 0.717) is 42.0 Å². The van der Waals surface area contributed by atoms with E-state index in [9.17, 15) is 9.59 Å². The van der Waals surface area contributed by atoms with Crippen LogP contribution in [0.2, 0.25) is 0 Å². The van der Waals surface area contributed by atoms with Crippen LogP contribution in [0.15, 0.2) is 42.5 Å². The first kappa shape index (κ1) is 28.2. The van der Waals surface area contributed by atoms with E-state index >= 15 is 0 Å². The molecule has 0 saturated heterocycles. The highest BCUT2D eigenvalue weighted by molar-refractivity contribution is 5.85. The topological polar surface area (TPSA) is 43.4 Å². The van der Waals surface area contributed by atoms with Crippen molar-refractivity contribution in [1.29, 1.82) is 0 Å². The molecule has 5 saturated carbocycles. The lowest BCUT2D eigenvalue weighted by Gasteiger charge is -2.72. The molecule has 3 heteroatoms. The van der Waals surface area contributed by atoms with Crippen molar-refractivity contribution in [2.45, 2.75) is 112 Å². The summed E-state index contributed by atoms with van der Waals surface area (Å²) in [7, 11) is 0. The van der Waals surface area contributed by atoms with Gasteiger partial charge in [-0.05, 0) is 116 Å². The van der Waals surface area contributed by atoms with Gasteiger partial charge in [0.2, 0.25) is 0 Å². The first-order valence-electron chi connectivity index (χ1n) is 16.2. The molecular formula is C37H52O3. The van der Waals surface area contributed by atoms with Gasteiger partial charge in [-0.15, -0.1) is 0 Å². The number of fused-ring (bicyclic) bond motifs is 7. The second-order valence-electron chi connectivity index (χ2n) is 16.0. The van der Waals surface area contributed by atoms with Crippen molar-refractivity contribution in [3.8, 4) is 0 Å². The highest BCUT2D eigenvalue weighted by atomic mass is 16.5. The number of ketones is 1. The molecule has 3 nitrogen and oxygen atoms in total. The molecule has 5 aliphatic carbocycles. The van der Waals surface area contributed by atoms with Crippen molar-refractivity contribution in [3.63, 3.8) is 0 Å². The average molecular weight is 545 g/mol. The Bertz CT molecular complexity index is 1200. The van der Waals surface area contributed by atoms with Crippen LogP contribution >= 0.6 is 0 Å². The molecule has 5 aliphatic rings. The number of benzene rings is 1. The lowest BCUT2D eigenvalue weighted by Crippen LogP contribution is -2.66. The highest BCUT2D eigenvalue weighted by Crippen LogP contribution is 2.77. The molecule has 0 N–H and O–H groups in total. The van der Waals surface area contributed by atoms with Crippen molar-refractivity contribution in [1.82, 2.24) is 0 Å². The maximum atomic E-state index is 14.1. The molecule has 1 unspecified atom stereocenters. The molecular weight excluding hydrogens is 492 g/mol. The Kier molecular flexibility index (Phi) is 6.56. The number of esters is 1. The van der Waals surface area contributed by atoms with Crippen molar-refractivity contribution < 1.29 is 14.3 Å². The molecule has 6 rings (SSSR count). The Morgan fingerprint density at radius 1 is 0.875 bits per heavy atom. The molecule has 0 radical (unpaired) electrons. The third kappa shape index (κ3) is 3.67. The molecule has 40 heavy (non-hydrogen) atoms. The quantitative estimate of drug-likeness (QED) is 0.281. The second-order valence-corrected chi connectivity index (χ2v) is 16.0. The summed E-state index contributed by atoms with van der Waals surface area (Å²) in [6.45, 7) is 19.3. The smallest absolute Gasteiger partial charge is 0.312 e. The van der Waals surface area contributed by atoms with Crippen LogP contribution in [0.5, 0.6) is 0 Å². The van der Waals surface area contributed by atoms with Gasteiger partial charge in [0, 0.05) is 11.8 Å². The molecule has 0 heterocycles. The summed E-state index contributed by atoms with van der Waals surface area (Å²) < 4.78 is 6.16. The number of hydrogen-bond donors (Lipinski definition) is 0. The molecule has 0 aliphatic heterocycles. The molecule has 0 aromatic heterocycles. The Balaban J connectivity index is 1.34. The average Bonchev–Trinajstić information content (AvgIpc) is 3.32. The van der Waals surface area contributed by atoms with Gasteiger partial charge in [0.15, 0.2) is 0 Å². The third-order valence-corrected chi connectivity index (χ3v) is 14.4. The molecule has 9 atom stereocenters. The van der Waals surface area contributed by atoms with Crippen molar-refractivity contribution >= 4 is 11.8 Å². The number of ether oxygens (including phenoxy) is 1. The number of Topliss-reactive ketones (excluding diaryl/α,β-unsaturated/α-hetero) is 1. The Hall–Kier alpha value is -1.90. The van der Waals surface area contributed by atoms with Gasteiger partial charge in [0.05, 0.1) is 5.41 Å². The van der Waals surface area contributed by atoms with Gasteiger partial charge < -0.3 is 4.74 Å². The highest BCUT2D eigenvalue weighted by Gasteiger charge is 2.72. The van der Waals surface area contributed by atoms with Crippen molar-refractivity contribution in [2.24, 2.45) is 56.7 Å². The first-order valence-corrected chi connectivity index (χ1v) is 16.2. The van der Waals surface area contributed by atoms with Crippen molar-refractivity contribution in [3.05, 3.63) is 48.0 Å². The maximum absolute atomic E-state index is 14.1. The van der Waals surface area contributed by atoms with Gasteiger partial charge in [0.1, 0.15) is 12.4 Å². The lowest BCUT2D eigenvalue weighted by molar-refractivity contribution is -0.236. The van der Waals surface area contributed by atoms with E-state index < -0.39 is 0 Å². The Morgan fingerprint density at radius 3 is 2.30 bits per heavy atom. The maximum Gasteiger partial charge on any atom is 0.312 e. The zero-order valence-electron chi connectivity index (χ0n) is 26.0. The van der Waals surface area contributed by atoms with E-state index in [1.165, 1.54) is 24.8 Å². The van der Waals surface area contributed by atoms with Gasteiger partial charge in [-0.1, -0.05) is 77.1 Å². The van der Waals surface area contributed by atoms with E-state index in [1.807, 2.05) is 30.3 Å². The Morgan fingerprint density at radius 2 is 1.60 bits per heavy atom. The van der Waals surface area contributed by atoms with Crippen LogP contribution < -0.4 is 0 Å². The monoisotopic (exact) mass is 544 g/mol. The van der Waals surface area contributed by atoms with Gasteiger partial charge >= 0.3 is 5.97 Å². The standard InChI is InChI=1S/C37H52O3/c1-24(2)26-15-20-37(32(39)40-23-25-11-9-8-10-12-25)22-21-35(6)27(31(26)37)13-14-29-34(5)18-17-30(38)33(3,4)28(34)16-19-36(29,35)7/h8-12,26-29,31H,1,13-23H2,2-7H3/t26-,27?,28-,29+,31-,34-,35+,36+,37-/m0/s1. The lowest BCUT2D eigenvalue weighted by atomic mass is 9.32. The summed E-state index contributed by atoms with van der Waals surface area (Å²) in [6.07, 6.45) is 10.6. The minimum atomic E-state index is -0.383.